The fourth-order valence-electron chi connectivity index (χ4n) is 1.98. The van der Waals surface area contributed by atoms with Crippen LogP contribution < -0.4 is 0 Å². The van der Waals surface area contributed by atoms with Crippen LogP contribution in [0.1, 0.15) is 43.7 Å². The van der Waals surface area contributed by atoms with Gasteiger partial charge in [0.2, 0.25) is 0 Å². The molecule has 1 unspecified atom stereocenters. The molecule has 0 bridgehead atoms. The topological polar surface area (TPSA) is 9.23 Å². The Morgan fingerprint density at radius 2 is 1.94 bits per heavy atom. The van der Waals surface area contributed by atoms with Crippen LogP contribution in [0, 0.1) is 6.92 Å². The van der Waals surface area contributed by atoms with Crippen LogP contribution in [-0.2, 0) is 4.74 Å². The Labute approximate surface area is 110 Å². The fraction of sp³-hybridized carbons (Fsp3) is 0.600. The second-order valence-electron chi connectivity index (χ2n) is 5.21. The van der Waals surface area contributed by atoms with Crippen molar-refractivity contribution in [3.8, 4) is 0 Å². The van der Waals surface area contributed by atoms with E-state index in [0.29, 0.717) is 11.8 Å². The van der Waals surface area contributed by atoms with Crippen LogP contribution in [0.3, 0.4) is 0 Å². The Morgan fingerprint density at radius 3 is 2.47 bits per heavy atom. The van der Waals surface area contributed by atoms with E-state index in [2.05, 4.69) is 45.0 Å². The highest BCUT2D eigenvalue weighted by atomic mass is 35.5. The Morgan fingerprint density at radius 1 is 1.29 bits per heavy atom. The van der Waals surface area contributed by atoms with Gasteiger partial charge in [0.15, 0.2) is 0 Å². The van der Waals surface area contributed by atoms with Gasteiger partial charge in [0.05, 0.1) is 5.60 Å². The summed E-state index contributed by atoms with van der Waals surface area (Å²) in [6.07, 6.45) is 2.09. The summed E-state index contributed by atoms with van der Waals surface area (Å²) in [4.78, 5) is 0. The highest BCUT2D eigenvalue weighted by Gasteiger charge is 2.20. The molecule has 96 valence electrons. The van der Waals surface area contributed by atoms with E-state index in [1.54, 1.807) is 7.11 Å². The van der Waals surface area contributed by atoms with Crippen molar-refractivity contribution in [1.82, 2.24) is 0 Å². The Kier molecular flexibility index (Phi) is 5.48. The van der Waals surface area contributed by atoms with Crippen molar-refractivity contribution in [3.63, 3.8) is 0 Å². The lowest BCUT2D eigenvalue weighted by Gasteiger charge is -2.26. The Hall–Kier alpha value is -0.530. The maximum Gasteiger partial charge on any atom is 0.0623 e. The van der Waals surface area contributed by atoms with E-state index in [0.717, 1.165) is 12.8 Å². The van der Waals surface area contributed by atoms with Gasteiger partial charge in [-0.2, -0.15) is 0 Å². The highest BCUT2D eigenvalue weighted by Crippen LogP contribution is 2.29. The van der Waals surface area contributed by atoms with Gasteiger partial charge in [-0.05, 0) is 50.7 Å². The molecule has 0 saturated carbocycles. The van der Waals surface area contributed by atoms with E-state index in [1.807, 2.05) is 0 Å². The molecule has 2 heteroatoms. The number of methoxy groups -OCH3 is 1. The molecule has 1 nitrogen and oxygen atoms in total. The van der Waals surface area contributed by atoms with Crippen LogP contribution in [0.2, 0.25) is 0 Å². The van der Waals surface area contributed by atoms with Crippen LogP contribution >= 0.6 is 11.6 Å². The quantitative estimate of drug-likeness (QED) is 0.678. The second kappa shape index (κ2) is 6.42. The molecule has 0 aromatic heterocycles. The summed E-state index contributed by atoms with van der Waals surface area (Å²) < 4.78 is 5.46. The number of halogens is 1. The number of hydrogen-bond donors (Lipinski definition) is 0. The summed E-state index contributed by atoms with van der Waals surface area (Å²) in [7, 11) is 1.77. The van der Waals surface area contributed by atoms with E-state index in [4.69, 9.17) is 16.3 Å². The summed E-state index contributed by atoms with van der Waals surface area (Å²) in [6.45, 7) is 6.39. The molecule has 0 aliphatic carbocycles. The minimum atomic E-state index is -0.0625. The third kappa shape index (κ3) is 4.33. The van der Waals surface area contributed by atoms with Crippen molar-refractivity contribution in [1.29, 1.82) is 0 Å². The molecule has 1 aromatic carbocycles. The molecule has 0 heterocycles. The van der Waals surface area contributed by atoms with Crippen LogP contribution in [0.15, 0.2) is 24.3 Å². The van der Waals surface area contributed by atoms with E-state index in [-0.39, 0.29) is 5.60 Å². The Bertz CT molecular complexity index is 347. The molecule has 0 saturated heterocycles. The van der Waals surface area contributed by atoms with Gasteiger partial charge in [-0.25, -0.2) is 0 Å². The molecule has 0 radical (unpaired) electrons. The van der Waals surface area contributed by atoms with Gasteiger partial charge in [-0.1, -0.05) is 24.3 Å². The molecule has 0 spiro atoms. The van der Waals surface area contributed by atoms with Crippen molar-refractivity contribution in [3.05, 3.63) is 35.4 Å². The predicted octanol–water partition coefficient (Wildman–Crippen LogP) is 4.52. The largest absolute Gasteiger partial charge is 0.379 e. The maximum atomic E-state index is 6.11. The zero-order chi connectivity index (χ0) is 12.9. The first-order valence-corrected chi connectivity index (χ1v) is 6.70. The molecule has 0 aliphatic rings. The van der Waals surface area contributed by atoms with Gasteiger partial charge in [-0.15, -0.1) is 11.6 Å². The van der Waals surface area contributed by atoms with E-state index in [9.17, 15) is 0 Å². The Balaban J connectivity index is 2.70. The van der Waals surface area contributed by atoms with E-state index in [1.165, 1.54) is 11.1 Å². The van der Waals surface area contributed by atoms with Gasteiger partial charge < -0.3 is 4.74 Å². The lowest BCUT2D eigenvalue weighted by Crippen LogP contribution is -2.23. The number of rotatable bonds is 6. The van der Waals surface area contributed by atoms with Gasteiger partial charge >= 0.3 is 0 Å². The van der Waals surface area contributed by atoms with Crippen molar-refractivity contribution < 1.29 is 4.74 Å². The first kappa shape index (κ1) is 14.5. The van der Waals surface area contributed by atoms with Crippen molar-refractivity contribution in [2.45, 2.75) is 45.1 Å². The predicted molar refractivity (Wildman–Crippen MR) is 75.0 cm³/mol. The first-order valence-electron chi connectivity index (χ1n) is 6.17. The highest BCUT2D eigenvalue weighted by molar-refractivity contribution is 6.18. The molecular weight excluding hydrogens is 232 g/mol. The number of alkyl halides is 1. The smallest absolute Gasteiger partial charge is 0.0623 e. The summed E-state index contributed by atoms with van der Waals surface area (Å²) in [6, 6.07) is 8.49. The zero-order valence-electron chi connectivity index (χ0n) is 11.3. The number of benzene rings is 1. The minimum absolute atomic E-state index is 0.0625. The van der Waals surface area contributed by atoms with Crippen LogP contribution in [0.5, 0.6) is 0 Å². The van der Waals surface area contributed by atoms with Crippen molar-refractivity contribution in [2.24, 2.45) is 0 Å². The molecular formula is C15H23ClO. The molecule has 1 atom stereocenters. The molecule has 17 heavy (non-hydrogen) atoms. The molecule has 1 rings (SSSR count). The molecule has 0 N–H and O–H groups in total. The first-order chi connectivity index (χ1) is 8.00. The van der Waals surface area contributed by atoms with Crippen LogP contribution in [0.4, 0.5) is 0 Å². The van der Waals surface area contributed by atoms with Gasteiger partial charge in [0, 0.05) is 13.0 Å². The number of ether oxygens (including phenoxy) is 1. The van der Waals surface area contributed by atoms with Crippen LogP contribution in [0.25, 0.3) is 0 Å². The molecule has 0 aliphatic heterocycles. The average Bonchev–Trinajstić information content (AvgIpc) is 2.32. The van der Waals surface area contributed by atoms with Crippen molar-refractivity contribution >= 4 is 11.6 Å². The third-order valence-electron chi connectivity index (χ3n) is 3.46. The monoisotopic (exact) mass is 254 g/mol. The fourth-order valence-corrected chi connectivity index (χ4v) is 2.31. The summed E-state index contributed by atoms with van der Waals surface area (Å²) in [5.41, 5.74) is 2.63. The van der Waals surface area contributed by atoms with E-state index >= 15 is 0 Å². The van der Waals surface area contributed by atoms with Crippen LogP contribution in [-0.4, -0.2) is 18.6 Å². The SMILES string of the molecule is COC(C)(C)CCC(CCl)c1ccccc1C. The maximum absolute atomic E-state index is 6.11. The average molecular weight is 255 g/mol. The van der Waals surface area contributed by atoms with Crippen molar-refractivity contribution in [2.75, 3.05) is 13.0 Å². The minimum Gasteiger partial charge on any atom is -0.379 e. The molecule has 0 fully saturated rings. The molecule has 1 aromatic rings. The summed E-state index contributed by atoms with van der Waals surface area (Å²) in [5.74, 6) is 1.09. The third-order valence-corrected chi connectivity index (χ3v) is 3.83. The molecule has 0 amide bonds. The normalized spacial score (nSPS) is 13.7. The van der Waals surface area contributed by atoms with Gasteiger partial charge in [0.25, 0.3) is 0 Å². The number of aryl methyl sites for hydroxylation is 1. The summed E-state index contributed by atoms with van der Waals surface area (Å²) in [5, 5.41) is 0. The zero-order valence-corrected chi connectivity index (χ0v) is 12.1. The lowest BCUT2D eigenvalue weighted by atomic mass is 9.89. The lowest BCUT2D eigenvalue weighted by molar-refractivity contribution is 0.0127. The van der Waals surface area contributed by atoms with E-state index < -0.39 is 0 Å². The summed E-state index contributed by atoms with van der Waals surface area (Å²) >= 11 is 6.11. The number of hydrogen-bond acceptors (Lipinski definition) is 1. The van der Waals surface area contributed by atoms with Gasteiger partial charge in [-0.3, -0.25) is 0 Å². The second-order valence-corrected chi connectivity index (χ2v) is 5.52. The van der Waals surface area contributed by atoms with Gasteiger partial charge in [0.1, 0.15) is 0 Å². The standard InChI is InChI=1S/C15H23ClO/c1-12-7-5-6-8-14(12)13(11-16)9-10-15(2,3)17-4/h5-8,13H,9-11H2,1-4H3.